The molecule has 0 spiro atoms. The van der Waals surface area contributed by atoms with Crippen molar-refractivity contribution in [2.24, 2.45) is 0 Å². The van der Waals surface area contributed by atoms with E-state index in [-0.39, 0.29) is 0 Å². The summed E-state index contributed by atoms with van der Waals surface area (Å²) < 4.78 is 0. The summed E-state index contributed by atoms with van der Waals surface area (Å²) in [5.74, 6) is 0. The average molecular weight is 244 g/mol. The van der Waals surface area contributed by atoms with Gasteiger partial charge in [-0.2, -0.15) is 0 Å². The van der Waals surface area contributed by atoms with E-state index in [2.05, 4.69) is 36.2 Å². The Morgan fingerprint density at radius 3 is 2.83 bits per heavy atom. The second kappa shape index (κ2) is 5.23. The summed E-state index contributed by atoms with van der Waals surface area (Å²) in [6.07, 6.45) is 1.78. The lowest BCUT2D eigenvalue weighted by molar-refractivity contribution is 0.392. The van der Waals surface area contributed by atoms with Crippen LogP contribution in [0.3, 0.4) is 0 Å². The van der Waals surface area contributed by atoms with Crippen molar-refractivity contribution in [3.63, 3.8) is 0 Å². The molecule has 1 aromatic heterocycles. The van der Waals surface area contributed by atoms with Gasteiger partial charge in [-0.05, 0) is 45.3 Å². The number of anilines is 2. The zero-order valence-corrected chi connectivity index (χ0v) is 11.1. The van der Waals surface area contributed by atoms with Gasteiger partial charge in [0, 0.05) is 24.2 Å². The van der Waals surface area contributed by atoms with Crippen molar-refractivity contribution in [3.8, 4) is 0 Å². The molecule has 1 heterocycles. The summed E-state index contributed by atoms with van der Waals surface area (Å²) in [5.41, 5.74) is 8.86. The molecule has 4 nitrogen and oxygen atoms in total. The molecule has 2 aromatic rings. The van der Waals surface area contributed by atoms with Gasteiger partial charge in [0.05, 0.1) is 16.9 Å². The minimum absolute atomic E-state index is 0.344. The number of rotatable bonds is 4. The largest absolute Gasteiger partial charge is 0.397 e. The van der Waals surface area contributed by atoms with Gasteiger partial charge in [0.15, 0.2) is 0 Å². The number of nitrogen functional groups attached to an aromatic ring is 1. The quantitative estimate of drug-likeness (QED) is 0.809. The molecule has 4 heteroatoms. The van der Waals surface area contributed by atoms with E-state index in [4.69, 9.17) is 5.73 Å². The first-order valence-electron chi connectivity index (χ1n) is 6.12. The van der Waals surface area contributed by atoms with E-state index < -0.39 is 0 Å². The van der Waals surface area contributed by atoms with E-state index in [1.54, 1.807) is 6.20 Å². The van der Waals surface area contributed by atoms with Crippen molar-refractivity contribution >= 4 is 22.3 Å². The SMILES string of the molecule is CC(CN(C)C)Nc1ccc2ncccc2c1N. The van der Waals surface area contributed by atoms with Gasteiger partial charge in [-0.3, -0.25) is 4.98 Å². The fraction of sp³-hybridized carbons (Fsp3) is 0.357. The van der Waals surface area contributed by atoms with Gasteiger partial charge in [-0.25, -0.2) is 0 Å². The number of benzene rings is 1. The molecule has 0 fully saturated rings. The maximum Gasteiger partial charge on any atom is 0.0724 e. The Morgan fingerprint density at radius 2 is 2.11 bits per heavy atom. The van der Waals surface area contributed by atoms with Crippen molar-refractivity contribution in [1.82, 2.24) is 9.88 Å². The summed E-state index contributed by atoms with van der Waals surface area (Å²) in [7, 11) is 4.12. The van der Waals surface area contributed by atoms with Gasteiger partial charge in [-0.1, -0.05) is 0 Å². The zero-order valence-electron chi connectivity index (χ0n) is 11.1. The minimum atomic E-state index is 0.344. The van der Waals surface area contributed by atoms with Crippen molar-refractivity contribution in [3.05, 3.63) is 30.5 Å². The van der Waals surface area contributed by atoms with E-state index in [0.717, 1.165) is 28.8 Å². The van der Waals surface area contributed by atoms with Crippen LogP contribution in [0.25, 0.3) is 10.9 Å². The first-order chi connectivity index (χ1) is 8.58. The lowest BCUT2D eigenvalue weighted by atomic mass is 10.1. The third-order valence-electron chi connectivity index (χ3n) is 2.87. The van der Waals surface area contributed by atoms with E-state index in [1.165, 1.54) is 0 Å². The molecule has 3 N–H and O–H groups in total. The van der Waals surface area contributed by atoms with Gasteiger partial charge in [0.1, 0.15) is 0 Å². The molecule has 1 unspecified atom stereocenters. The molecule has 0 saturated carbocycles. The topological polar surface area (TPSA) is 54.2 Å². The van der Waals surface area contributed by atoms with Gasteiger partial charge in [0.2, 0.25) is 0 Å². The molecule has 0 radical (unpaired) electrons. The highest BCUT2D eigenvalue weighted by atomic mass is 15.1. The van der Waals surface area contributed by atoms with E-state index in [1.807, 2.05) is 24.3 Å². The smallest absolute Gasteiger partial charge is 0.0724 e. The standard InChI is InChI=1S/C14H20N4/c1-10(9-18(2)3)17-13-7-6-12-11(14(13)15)5-4-8-16-12/h4-8,10,17H,9,15H2,1-3H3. The molecule has 2 rings (SSSR count). The lowest BCUT2D eigenvalue weighted by Gasteiger charge is -2.20. The second-order valence-corrected chi connectivity index (χ2v) is 4.90. The zero-order chi connectivity index (χ0) is 13.1. The van der Waals surface area contributed by atoms with Gasteiger partial charge in [0.25, 0.3) is 0 Å². The average Bonchev–Trinajstić information content (AvgIpc) is 2.32. The van der Waals surface area contributed by atoms with Crippen LogP contribution >= 0.6 is 0 Å². The molecule has 1 aromatic carbocycles. The minimum Gasteiger partial charge on any atom is -0.397 e. The van der Waals surface area contributed by atoms with Gasteiger partial charge >= 0.3 is 0 Å². The van der Waals surface area contributed by atoms with Crippen LogP contribution in [-0.4, -0.2) is 36.6 Å². The van der Waals surface area contributed by atoms with Crippen LogP contribution in [0.5, 0.6) is 0 Å². The maximum absolute atomic E-state index is 6.18. The summed E-state index contributed by atoms with van der Waals surface area (Å²) in [6, 6.07) is 8.25. The van der Waals surface area contributed by atoms with E-state index in [9.17, 15) is 0 Å². The number of likely N-dealkylation sites (N-methyl/N-ethyl adjacent to an activating group) is 1. The Bertz CT molecular complexity index is 536. The van der Waals surface area contributed by atoms with Crippen LogP contribution in [0, 0.1) is 0 Å². The molecule has 0 aliphatic heterocycles. The highest BCUT2D eigenvalue weighted by Crippen LogP contribution is 2.27. The predicted molar refractivity (Wildman–Crippen MR) is 77.8 cm³/mol. The third-order valence-corrected chi connectivity index (χ3v) is 2.87. The fourth-order valence-corrected chi connectivity index (χ4v) is 2.16. The molecule has 96 valence electrons. The molecule has 0 aliphatic rings. The number of aromatic nitrogens is 1. The van der Waals surface area contributed by atoms with E-state index >= 15 is 0 Å². The number of fused-ring (bicyclic) bond motifs is 1. The first-order valence-corrected chi connectivity index (χ1v) is 6.12. The van der Waals surface area contributed by atoms with Gasteiger partial charge in [-0.15, -0.1) is 0 Å². The van der Waals surface area contributed by atoms with Crippen LogP contribution in [0.15, 0.2) is 30.5 Å². The first kappa shape index (κ1) is 12.6. The molecular formula is C14H20N4. The van der Waals surface area contributed by atoms with Gasteiger partial charge < -0.3 is 16.0 Å². The summed E-state index contributed by atoms with van der Waals surface area (Å²) in [4.78, 5) is 6.44. The Kier molecular flexibility index (Phi) is 3.67. The maximum atomic E-state index is 6.18. The molecular weight excluding hydrogens is 224 g/mol. The number of nitrogens with two attached hydrogens (primary N) is 1. The van der Waals surface area contributed by atoms with E-state index in [0.29, 0.717) is 6.04 Å². The second-order valence-electron chi connectivity index (χ2n) is 4.90. The van der Waals surface area contributed by atoms with Crippen molar-refractivity contribution in [2.75, 3.05) is 31.7 Å². The Morgan fingerprint density at radius 1 is 1.33 bits per heavy atom. The number of hydrogen-bond acceptors (Lipinski definition) is 4. The normalized spacial score (nSPS) is 12.9. The molecule has 0 saturated heterocycles. The van der Waals surface area contributed by atoms with Crippen LogP contribution in [0.1, 0.15) is 6.92 Å². The lowest BCUT2D eigenvalue weighted by Crippen LogP contribution is -2.29. The van der Waals surface area contributed by atoms with Crippen molar-refractivity contribution in [1.29, 1.82) is 0 Å². The summed E-state index contributed by atoms with van der Waals surface area (Å²) >= 11 is 0. The Hall–Kier alpha value is -1.81. The predicted octanol–water partition coefficient (Wildman–Crippen LogP) is 2.18. The summed E-state index contributed by atoms with van der Waals surface area (Å²) in [5, 5.41) is 4.44. The Balaban J connectivity index is 2.26. The van der Waals surface area contributed by atoms with Crippen LogP contribution in [0.2, 0.25) is 0 Å². The number of nitrogens with one attached hydrogen (secondary N) is 1. The van der Waals surface area contributed by atoms with Crippen molar-refractivity contribution in [2.45, 2.75) is 13.0 Å². The fourth-order valence-electron chi connectivity index (χ4n) is 2.16. The number of hydrogen-bond donors (Lipinski definition) is 2. The summed E-state index contributed by atoms with van der Waals surface area (Å²) in [6.45, 7) is 3.11. The molecule has 0 amide bonds. The highest BCUT2D eigenvalue weighted by Gasteiger charge is 2.08. The van der Waals surface area contributed by atoms with Crippen LogP contribution in [0.4, 0.5) is 11.4 Å². The molecule has 18 heavy (non-hydrogen) atoms. The van der Waals surface area contributed by atoms with Crippen LogP contribution < -0.4 is 11.1 Å². The van der Waals surface area contributed by atoms with Crippen LogP contribution in [-0.2, 0) is 0 Å². The molecule has 1 atom stereocenters. The number of nitrogens with zero attached hydrogens (tertiary/aromatic N) is 2. The monoisotopic (exact) mass is 244 g/mol. The molecule has 0 bridgehead atoms. The van der Waals surface area contributed by atoms with Crippen molar-refractivity contribution < 1.29 is 0 Å². The third kappa shape index (κ3) is 2.71. The highest BCUT2D eigenvalue weighted by molar-refractivity contribution is 5.96. The Labute approximate surface area is 108 Å². The molecule has 0 aliphatic carbocycles. The number of pyridine rings is 1.